The van der Waals surface area contributed by atoms with Gasteiger partial charge in [0.25, 0.3) is 0 Å². The molecule has 0 bridgehead atoms. The Balaban J connectivity index is 0.000000514. The van der Waals surface area contributed by atoms with E-state index in [4.69, 9.17) is 0 Å². The number of hydrogen-bond acceptors (Lipinski definition) is 1. The van der Waals surface area contributed by atoms with E-state index < -0.39 is 0 Å². The first-order valence-corrected chi connectivity index (χ1v) is 7.11. The van der Waals surface area contributed by atoms with Gasteiger partial charge in [0.2, 0.25) is 0 Å². The van der Waals surface area contributed by atoms with Gasteiger partial charge in [0.05, 0.1) is 0 Å². The minimum absolute atomic E-state index is 0.536. The van der Waals surface area contributed by atoms with E-state index >= 15 is 0 Å². The van der Waals surface area contributed by atoms with Crippen LogP contribution in [0.2, 0.25) is 0 Å². The van der Waals surface area contributed by atoms with Gasteiger partial charge in [0.1, 0.15) is 0 Å². The average Bonchev–Trinajstić information content (AvgIpc) is 2.71. The summed E-state index contributed by atoms with van der Waals surface area (Å²) < 4.78 is 0. The second-order valence-electron chi connectivity index (χ2n) is 5.19. The maximum atomic E-state index is 3.48. The fraction of sp³-hybridized carbons (Fsp3) is 0.625. The summed E-state index contributed by atoms with van der Waals surface area (Å²) in [5, 5.41) is 3.48. The molecule has 1 heterocycles. The molecule has 0 saturated carbocycles. The highest BCUT2D eigenvalue weighted by Gasteiger charge is 2.39. The largest absolute Gasteiger partial charge is 0.317 e. The molecule has 3 rings (SSSR count). The summed E-state index contributed by atoms with van der Waals surface area (Å²) in [4.78, 5) is 0. The fourth-order valence-electron chi connectivity index (χ4n) is 3.38. The molecule has 1 fully saturated rings. The second-order valence-corrected chi connectivity index (χ2v) is 5.19. The molecule has 1 aliphatic carbocycles. The lowest BCUT2D eigenvalue weighted by atomic mass is 9.74. The van der Waals surface area contributed by atoms with Crippen LogP contribution >= 0.6 is 0 Å². The van der Waals surface area contributed by atoms with Gasteiger partial charge in [-0.15, -0.1) is 0 Å². The number of rotatable bonds is 0. The molecule has 1 nitrogen and oxygen atoms in total. The van der Waals surface area contributed by atoms with Crippen molar-refractivity contribution in [3.05, 3.63) is 34.9 Å². The standard InChI is InChI=1S/C14H19N.C2H6/c1-11-2-3-13-12(10-11)4-5-14(13)6-8-15-9-7-14;1-2/h2-3,10,15H,4-9H2,1H3;1-2H3. The van der Waals surface area contributed by atoms with Crippen LogP contribution < -0.4 is 5.32 Å². The molecule has 0 radical (unpaired) electrons. The fourth-order valence-corrected chi connectivity index (χ4v) is 3.38. The third kappa shape index (κ3) is 2.26. The topological polar surface area (TPSA) is 12.0 Å². The van der Waals surface area contributed by atoms with Crippen LogP contribution in [0.4, 0.5) is 0 Å². The minimum atomic E-state index is 0.536. The summed E-state index contributed by atoms with van der Waals surface area (Å²) in [6.45, 7) is 8.61. The summed E-state index contributed by atoms with van der Waals surface area (Å²) in [5.41, 5.74) is 5.24. The smallest absolute Gasteiger partial charge is 0.00170 e. The van der Waals surface area contributed by atoms with Crippen LogP contribution in [-0.4, -0.2) is 13.1 Å². The van der Waals surface area contributed by atoms with Gasteiger partial charge in [0, 0.05) is 0 Å². The number of piperidine rings is 1. The first-order valence-electron chi connectivity index (χ1n) is 7.11. The Morgan fingerprint density at radius 1 is 1.06 bits per heavy atom. The Morgan fingerprint density at radius 2 is 1.76 bits per heavy atom. The minimum Gasteiger partial charge on any atom is -0.317 e. The van der Waals surface area contributed by atoms with Gasteiger partial charge in [-0.1, -0.05) is 37.6 Å². The quantitative estimate of drug-likeness (QED) is 0.719. The second kappa shape index (κ2) is 5.22. The van der Waals surface area contributed by atoms with Crippen molar-refractivity contribution >= 4 is 0 Å². The van der Waals surface area contributed by atoms with Crippen molar-refractivity contribution in [3.63, 3.8) is 0 Å². The van der Waals surface area contributed by atoms with E-state index in [1.165, 1.54) is 44.3 Å². The third-order valence-electron chi connectivity index (χ3n) is 4.27. The molecule has 1 aromatic rings. The molecule has 0 unspecified atom stereocenters. The molecular weight excluding hydrogens is 206 g/mol. The van der Waals surface area contributed by atoms with Gasteiger partial charge in [-0.3, -0.25) is 0 Å². The summed E-state index contributed by atoms with van der Waals surface area (Å²) in [6, 6.07) is 7.07. The van der Waals surface area contributed by atoms with Crippen LogP contribution in [0.1, 0.15) is 49.8 Å². The molecule has 94 valence electrons. The molecule has 0 aromatic heterocycles. The first kappa shape index (κ1) is 12.6. The summed E-state index contributed by atoms with van der Waals surface area (Å²) in [5.74, 6) is 0. The van der Waals surface area contributed by atoms with Gasteiger partial charge in [-0.25, -0.2) is 0 Å². The molecule has 1 saturated heterocycles. The van der Waals surface area contributed by atoms with Crippen molar-refractivity contribution in [2.45, 2.75) is 51.9 Å². The van der Waals surface area contributed by atoms with E-state index in [0.29, 0.717) is 5.41 Å². The Kier molecular flexibility index (Phi) is 3.88. The third-order valence-corrected chi connectivity index (χ3v) is 4.27. The highest BCUT2D eigenvalue weighted by Crippen LogP contribution is 2.45. The molecule has 1 aromatic carbocycles. The molecule has 1 heteroatoms. The van der Waals surface area contributed by atoms with Crippen molar-refractivity contribution in [1.29, 1.82) is 0 Å². The van der Waals surface area contributed by atoms with Crippen molar-refractivity contribution in [2.24, 2.45) is 0 Å². The SMILES string of the molecule is CC.Cc1ccc2c(c1)CCC21CCNCC1. The highest BCUT2D eigenvalue weighted by atomic mass is 14.9. The molecule has 1 aliphatic heterocycles. The highest BCUT2D eigenvalue weighted by molar-refractivity contribution is 5.42. The van der Waals surface area contributed by atoms with Gasteiger partial charge in [0.15, 0.2) is 0 Å². The zero-order valence-corrected chi connectivity index (χ0v) is 11.5. The van der Waals surface area contributed by atoms with Gasteiger partial charge in [-0.05, 0) is 62.2 Å². The summed E-state index contributed by atoms with van der Waals surface area (Å²) >= 11 is 0. The van der Waals surface area contributed by atoms with Crippen LogP contribution in [0.15, 0.2) is 18.2 Å². The number of hydrogen-bond donors (Lipinski definition) is 1. The molecule has 2 aliphatic rings. The Hall–Kier alpha value is -0.820. The molecule has 0 atom stereocenters. The monoisotopic (exact) mass is 231 g/mol. The summed E-state index contributed by atoms with van der Waals surface area (Å²) in [7, 11) is 0. The van der Waals surface area contributed by atoms with E-state index in [-0.39, 0.29) is 0 Å². The zero-order chi connectivity index (χ0) is 12.3. The lowest BCUT2D eigenvalue weighted by Crippen LogP contribution is -2.38. The number of fused-ring (bicyclic) bond motifs is 2. The van der Waals surface area contributed by atoms with Crippen molar-refractivity contribution in [2.75, 3.05) is 13.1 Å². The molecular formula is C16H25N. The molecule has 1 N–H and O–H groups in total. The van der Waals surface area contributed by atoms with Crippen molar-refractivity contribution < 1.29 is 0 Å². The maximum Gasteiger partial charge on any atom is -0.00170 e. The van der Waals surface area contributed by atoms with E-state index in [9.17, 15) is 0 Å². The number of nitrogens with one attached hydrogen (secondary N) is 1. The average molecular weight is 231 g/mol. The zero-order valence-electron chi connectivity index (χ0n) is 11.5. The van der Waals surface area contributed by atoms with Gasteiger partial charge in [-0.2, -0.15) is 0 Å². The van der Waals surface area contributed by atoms with Crippen molar-refractivity contribution in [3.8, 4) is 0 Å². The number of aryl methyl sites for hydroxylation is 2. The van der Waals surface area contributed by atoms with Crippen LogP contribution in [-0.2, 0) is 11.8 Å². The maximum absolute atomic E-state index is 3.48. The van der Waals surface area contributed by atoms with E-state index in [0.717, 1.165) is 0 Å². The number of benzene rings is 1. The van der Waals surface area contributed by atoms with Gasteiger partial charge < -0.3 is 5.32 Å². The van der Waals surface area contributed by atoms with Crippen molar-refractivity contribution in [1.82, 2.24) is 5.32 Å². The van der Waals surface area contributed by atoms with Crippen LogP contribution in [0.25, 0.3) is 0 Å². The van der Waals surface area contributed by atoms with Crippen LogP contribution in [0.3, 0.4) is 0 Å². The van der Waals surface area contributed by atoms with E-state index in [1.807, 2.05) is 13.8 Å². The van der Waals surface area contributed by atoms with Crippen LogP contribution in [0, 0.1) is 6.92 Å². The van der Waals surface area contributed by atoms with Crippen LogP contribution in [0.5, 0.6) is 0 Å². The summed E-state index contributed by atoms with van der Waals surface area (Å²) in [6.07, 6.45) is 5.36. The van der Waals surface area contributed by atoms with Gasteiger partial charge >= 0.3 is 0 Å². The predicted molar refractivity (Wildman–Crippen MR) is 74.6 cm³/mol. The Bertz CT molecular complexity index is 375. The predicted octanol–water partition coefficient (Wildman–Crippen LogP) is 3.59. The molecule has 1 spiro atoms. The van der Waals surface area contributed by atoms with E-state index in [1.54, 1.807) is 11.1 Å². The molecule has 17 heavy (non-hydrogen) atoms. The molecule has 0 amide bonds. The van der Waals surface area contributed by atoms with E-state index in [2.05, 4.69) is 30.4 Å². The lowest BCUT2D eigenvalue weighted by molar-refractivity contribution is 0.306. The Morgan fingerprint density at radius 3 is 2.47 bits per heavy atom. The Labute approximate surface area is 106 Å². The first-order chi connectivity index (χ1) is 8.30. The lowest BCUT2D eigenvalue weighted by Gasteiger charge is -2.35. The normalized spacial score (nSPS) is 20.6.